The smallest absolute Gasteiger partial charge is 0.417 e. The van der Waals surface area contributed by atoms with Crippen LogP contribution in [0.4, 0.5) is 5.69 Å². The molecule has 0 aliphatic carbocycles. The zero-order chi connectivity index (χ0) is 34.4. The Labute approximate surface area is 287 Å². The molecule has 6 rings (SSSR count). The van der Waals surface area contributed by atoms with Gasteiger partial charge in [-0.05, 0) is 79.7 Å². The van der Waals surface area contributed by atoms with Gasteiger partial charge in [-0.15, -0.1) is 0 Å². The molecule has 0 aliphatic heterocycles. The van der Waals surface area contributed by atoms with Crippen LogP contribution in [0.1, 0.15) is 28.5 Å². The number of fused-ring (bicyclic) bond motifs is 3. The van der Waals surface area contributed by atoms with Gasteiger partial charge in [-0.25, -0.2) is 9.65 Å². The number of carbonyl (C=O) groups excluding carboxylic acids is 2. The second kappa shape index (κ2) is 14.7. The summed E-state index contributed by atoms with van der Waals surface area (Å²) in [6.45, 7) is 1.57. The van der Waals surface area contributed by atoms with E-state index in [4.69, 9.17) is 14.4 Å². The predicted octanol–water partition coefficient (Wildman–Crippen LogP) is 8.35. The average molecular weight is 690 g/mol. The average Bonchev–Trinajstić information content (AvgIpc) is 3.50. The highest BCUT2D eigenvalue weighted by Gasteiger charge is 2.30. The molecule has 2 atom stereocenters. The SMILES string of the molecule is CNC(=O)c1ccccc1Sc1ccc(C(=N)/C=C/c2ccccn2)c(NP(=O)(NC(C)C=O)Oc2cccc3oc4ccccc4c23)c1. The summed E-state index contributed by atoms with van der Waals surface area (Å²) in [5, 5.41) is 18.9. The number of nitrogens with zero attached hydrogens (tertiary/aromatic N) is 1. The zero-order valence-corrected chi connectivity index (χ0v) is 28.3. The summed E-state index contributed by atoms with van der Waals surface area (Å²) < 4.78 is 27.1. The summed E-state index contributed by atoms with van der Waals surface area (Å²) in [4.78, 5) is 30.1. The highest BCUT2D eigenvalue weighted by molar-refractivity contribution is 7.99. The molecule has 0 spiro atoms. The first-order chi connectivity index (χ1) is 23.8. The topological polar surface area (TPSA) is 146 Å². The van der Waals surface area contributed by atoms with E-state index in [0.717, 1.165) is 5.39 Å². The number of aldehydes is 1. The van der Waals surface area contributed by atoms with Crippen LogP contribution in [-0.4, -0.2) is 36.0 Å². The van der Waals surface area contributed by atoms with Gasteiger partial charge in [0.1, 0.15) is 23.2 Å². The molecular weight excluding hydrogens is 657 g/mol. The third-order valence-corrected chi connectivity index (χ3v) is 10.2. The molecule has 0 bridgehead atoms. The summed E-state index contributed by atoms with van der Waals surface area (Å²) in [6.07, 6.45) is 5.60. The van der Waals surface area contributed by atoms with Gasteiger partial charge in [0.05, 0.1) is 34.1 Å². The third kappa shape index (κ3) is 7.65. The lowest BCUT2D eigenvalue weighted by atomic mass is 10.1. The van der Waals surface area contributed by atoms with Crippen molar-refractivity contribution < 1.29 is 23.1 Å². The van der Waals surface area contributed by atoms with E-state index in [1.165, 1.54) is 11.8 Å². The number of allylic oxidation sites excluding steroid dienone is 1. The first-order valence-corrected chi connectivity index (χ1v) is 17.7. The lowest BCUT2D eigenvalue weighted by Gasteiger charge is -2.25. The standard InChI is InChI=1S/C37H32N5O5PS/c1-24(23-43)41-48(45,47-34-15-9-14-33-36(34)28-11-3-5-13-32(28)46-33)42-31-22-26(49-35-16-6-4-12-29(35)37(44)39-2)18-19-27(31)30(38)20-17-25-10-7-8-21-40-25/h3-24,38H,1-2H3,(H,39,44)(H2,41,42,45)/b20-17+,38-30?. The van der Waals surface area contributed by atoms with Crippen molar-refractivity contribution in [3.8, 4) is 5.75 Å². The Kier molecular flexibility index (Phi) is 10.1. The molecule has 2 heterocycles. The molecule has 0 saturated carbocycles. The van der Waals surface area contributed by atoms with Crippen LogP contribution >= 0.6 is 19.4 Å². The number of pyridine rings is 1. The second-order valence-electron chi connectivity index (χ2n) is 10.9. The Morgan fingerprint density at radius 2 is 1.73 bits per heavy atom. The fraction of sp³-hybridized carbons (Fsp3) is 0.0811. The zero-order valence-electron chi connectivity index (χ0n) is 26.5. The third-order valence-electron chi connectivity index (χ3n) is 7.41. The fourth-order valence-corrected chi connectivity index (χ4v) is 7.82. The summed E-state index contributed by atoms with van der Waals surface area (Å²) in [5.41, 5.74) is 3.16. The molecule has 49 heavy (non-hydrogen) atoms. The van der Waals surface area contributed by atoms with Crippen molar-refractivity contribution >= 4 is 71.0 Å². The maximum atomic E-state index is 14.8. The van der Waals surface area contributed by atoms with Crippen molar-refractivity contribution in [3.05, 3.63) is 132 Å². The van der Waals surface area contributed by atoms with Crippen LogP contribution in [0.2, 0.25) is 0 Å². The highest BCUT2D eigenvalue weighted by Crippen LogP contribution is 2.48. The number of rotatable bonds is 13. The molecule has 0 fully saturated rings. The first kappa shape index (κ1) is 33.4. The van der Waals surface area contributed by atoms with Crippen LogP contribution in [0.25, 0.3) is 28.0 Å². The summed E-state index contributed by atoms with van der Waals surface area (Å²) in [5.74, 6) is 0.0472. The molecular formula is C37H32N5O5PS. The summed E-state index contributed by atoms with van der Waals surface area (Å²) >= 11 is 1.34. The van der Waals surface area contributed by atoms with Gasteiger partial charge in [-0.3, -0.25) is 14.9 Å². The lowest BCUT2D eigenvalue weighted by molar-refractivity contribution is -0.108. The van der Waals surface area contributed by atoms with Gasteiger partial charge in [0.15, 0.2) is 0 Å². The maximum Gasteiger partial charge on any atom is 0.417 e. The molecule has 4 aromatic carbocycles. The minimum Gasteiger partial charge on any atom is -0.456 e. The van der Waals surface area contributed by atoms with Crippen molar-refractivity contribution in [2.75, 3.05) is 12.1 Å². The van der Waals surface area contributed by atoms with Crippen LogP contribution in [0.3, 0.4) is 0 Å². The van der Waals surface area contributed by atoms with E-state index in [1.54, 1.807) is 80.9 Å². The van der Waals surface area contributed by atoms with Crippen LogP contribution in [0, 0.1) is 5.41 Å². The van der Waals surface area contributed by atoms with Gasteiger partial charge >= 0.3 is 7.67 Å². The molecule has 1 amide bonds. The van der Waals surface area contributed by atoms with Gasteiger partial charge < -0.3 is 24.5 Å². The van der Waals surface area contributed by atoms with Crippen molar-refractivity contribution in [3.63, 3.8) is 0 Å². The van der Waals surface area contributed by atoms with Crippen molar-refractivity contribution in [1.82, 2.24) is 15.4 Å². The van der Waals surface area contributed by atoms with Gasteiger partial charge in [-0.2, -0.15) is 0 Å². The molecule has 2 aromatic heterocycles. The number of amides is 1. The van der Waals surface area contributed by atoms with Crippen LogP contribution in [0.5, 0.6) is 5.75 Å². The molecule has 0 radical (unpaired) electrons. The van der Waals surface area contributed by atoms with E-state index in [-0.39, 0.29) is 17.4 Å². The number of anilines is 1. The maximum absolute atomic E-state index is 14.8. The number of para-hydroxylation sites is 1. The highest BCUT2D eigenvalue weighted by atomic mass is 32.2. The Morgan fingerprint density at radius 3 is 2.53 bits per heavy atom. The minimum atomic E-state index is -4.15. The van der Waals surface area contributed by atoms with Crippen LogP contribution < -0.4 is 20.0 Å². The lowest BCUT2D eigenvalue weighted by Crippen LogP contribution is -2.30. The number of furan rings is 1. The Hall–Kier alpha value is -5.48. The molecule has 6 aromatic rings. The van der Waals surface area contributed by atoms with Gasteiger partial charge in [0.2, 0.25) is 0 Å². The number of nitrogens with one attached hydrogen (secondary N) is 4. The largest absolute Gasteiger partial charge is 0.456 e. The van der Waals surface area contributed by atoms with E-state index in [0.29, 0.717) is 55.1 Å². The van der Waals surface area contributed by atoms with Gasteiger partial charge in [0, 0.05) is 34.0 Å². The van der Waals surface area contributed by atoms with Crippen molar-refractivity contribution in [2.45, 2.75) is 22.8 Å². The van der Waals surface area contributed by atoms with Crippen LogP contribution in [-0.2, 0) is 9.36 Å². The van der Waals surface area contributed by atoms with Crippen molar-refractivity contribution in [2.24, 2.45) is 0 Å². The Bertz CT molecular complexity index is 2260. The van der Waals surface area contributed by atoms with E-state index in [9.17, 15) is 14.2 Å². The molecule has 4 N–H and O–H groups in total. The predicted molar refractivity (Wildman–Crippen MR) is 195 cm³/mol. The molecule has 0 aliphatic rings. The summed E-state index contributed by atoms with van der Waals surface area (Å²) in [7, 11) is -2.58. The molecule has 0 saturated heterocycles. The van der Waals surface area contributed by atoms with Gasteiger partial charge in [0.25, 0.3) is 5.91 Å². The molecule has 2 unspecified atom stereocenters. The molecule has 246 valence electrons. The number of carbonyl (C=O) groups is 2. The summed E-state index contributed by atoms with van der Waals surface area (Å²) in [6, 6.07) is 29.8. The number of hydrogen-bond donors (Lipinski definition) is 4. The minimum absolute atomic E-state index is 0.105. The quantitative estimate of drug-likeness (QED) is 0.0534. The van der Waals surface area contributed by atoms with Crippen LogP contribution in [0.15, 0.2) is 130 Å². The normalized spacial score (nSPS) is 13.2. The fourth-order valence-electron chi connectivity index (χ4n) is 5.15. The first-order valence-electron chi connectivity index (χ1n) is 15.3. The van der Waals surface area contributed by atoms with E-state index in [2.05, 4.69) is 20.5 Å². The van der Waals surface area contributed by atoms with Gasteiger partial charge in [-0.1, -0.05) is 54.2 Å². The number of hydrogen-bond acceptors (Lipinski definition) is 8. The Morgan fingerprint density at radius 1 is 0.959 bits per heavy atom. The van der Waals surface area contributed by atoms with E-state index in [1.807, 2.05) is 54.6 Å². The second-order valence-corrected chi connectivity index (χ2v) is 13.8. The van der Waals surface area contributed by atoms with Crippen molar-refractivity contribution in [1.29, 1.82) is 5.41 Å². The van der Waals surface area contributed by atoms with E-state index >= 15 is 0 Å². The number of benzene rings is 4. The van der Waals surface area contributed by atoms with E-state index < -0.39 is 13.7 Å². The monoisotopic (exact) mass is 689 g/mol. The molecule has 10 nitrogen and oxygen atoms in total. The number of aromatic nitrogens is 1. The molecule has 12 heteroatoms. The Balaban J connectivity index is 1.43.